The molecule has 0 aromatic heterocycles. The van der Waals surface area contributed by atoms with Gasteiger partial charge in [-0.25, -0.2) is 0 Å². The van der Waals surface area contributed by atoms with Gasteiger partial charge in [-0.3, -0.25) is 4.79 Å². The molecule has 3 heteroatoms. The Bertz CT molecular complexity index is 188. The van der Waals surface area contributed by atoms with Gasteiger partial charge in [0.1, 0.15) is 6.10 Å². The largest absolute Gasteiger partial charge is 0.462 e. The third kappa shape index (κ3) is 3.60. The fourth-order valence-corrected chi connectivity index (χ4v) is 2.80. The van der Waals surface area contributed by atoms with E-state index in [0.717, 1.165) is 0 Å². The molecule has 2 nitrogen and oxygen atoms in total. The lowest BCUT2D eigenvalue weighted by Crippen LogP contribution is -2.31. The first-order valence-electron chi connectivity index (χ1n) is 5.42. The SMILES string of the molecule is CC(=O)O[C@H](C)[C@@H](Br)C1CCCCC1. The second kappa shape index (κ2) is 5.74. The summed E-state index contributed by atoms with van der Waals surface area (Å²) in [6.45, 7) is 3.44. The van der Waals surface area contributed by atoms with Crippen LogP contribution in [0, 0.1) is 5.92 Å². The van der Waals surface area contributed by atoms with Gasteiger partial charge in [-0.15, -0.1) is 0 Å². The number of alkyl halides is 1. The normalized spacial score (nSPS) is 22.8. The summed E-state index contributed by atoms with van der Waals surface area (Å²) in [4.78, 5) is 11.1. The number of carbonyl (C=O) groups is 1. The monoisotopic (exact) mass is 262 g/mol. The molecule has 0 bridgehead atoms. The van der Waals surface area contributed by atoms with Gasteiger partial charge < -0.3 is 4.74 Å². The van der Waals surface area contributed by atoms with Crippen LogP contribution < -0.4 is 0 Å². The molecule has 0 unspecified atom stereocenters. The second-order valence-corrected chi connectivity index (χ2v) is 5.21. The van der Waals surface area contributed by atoms with E-state index in [0.29, 0.717) is 10.7 Å². The quantitative estimate of drug-likeness (QED) is 0.577. The summed E-state index contributed by atoms with van der Waals surface area (Å²) >= 11 is 3.66. The highest BCUT2D eigenvalue weighted by Gasteiger charge is 2.27. The van der Waals surface area contributed by atoms with Gasteiger partial charge in [0.15, 0.2) is 0 Å². The van der Waals surface area contributed by atoms with Crippen molar-refractivity contribution >= 4 is 21.9 Å². The van der Waals surface area contributed by atoms with Crippen LogP contribution in [0.1, 0.15) is 46.0 Å². The van der Waals surface area contributed by atoms with Crippen LogP contribution in [0.15, 0.2) is 0 Å². The van der Waals surface area contributed by atoms with Crippen LogP contribution in [0.4, 0.5) is 0 Å². The predicted molar refractivity (Wildman–Crippen MR) is 60.5 cm³/mol. The van der Waals surface area contributed by atoms with Crippen molar-refractivity contribution in [2.75, 3.05) is 0 Å². The Morgan fingerprint density at radius 1 is 1.36 bits per heavy atom. The van der Waals surface area contributed by atoms with Crippen LogP contribution in [-0.2, 0) is 9.53 Å². The fourth-order valence-electron chi connectivity index (χ4n) is 2.16. The molecule has 0 radical (unpaired) electrons. The first kappa shape index (κ1) is 12.0. The fraction of sp³-hybridized carbons (Fsp3) is 0.909. The zero-order valence-corrected chi connectivity index (χ0v) is 10.5. The van der Waals surface area contributed by atoms with Gasteiger partial charge in [0.25, 0.3) is 0 Å². The molecule has 0 heterocycles. The molecule has 82 valence electrons. The Hall–Kier alpha value is -0.0500. The molecular formula is C11H19BrO2. The number of rotatable bonds is 3. The van der Waals surface area contributed by atoms with Crippen LogP contribution in [0.2, 0.25) is 0 Å². The lowest BCUT2D eigenvalue weighted by atomic mass is 9.85. The summed E-state index contributed by atoms with van der Waals surface area (Å²) in [5.74, 6) is 0.496. The van der Waals surface area contributed by atoms with Gasteiger partial charge in [-0.05, 0) is 25.7 Å². The number of hydrogen-bond acceptors (Lipinski definition) is 2. The van der Waals surface area contributed by atoms with Crippen molar-refractivity contribution < 1.29 is 9.53 Å². The Morgan fingerprint density at radius 3 is 2.43 bits per heavy atom. The summed E-state index contributed by atoms with van der Waals surface area (Å²) in [6, 6.07) is 0. The Morgan fingerprint density at radius 2 is 1.93 bits per heavy atom. The molecule has 0 saturated heterocycles. The summed E-state index contributed by atoms with van der Waals surface area (Å²) in [5.41, 5.74) is 0. The average Bonchev–Trinajstić information content (AvgIpc) is 2.17. The van der Waals surface area contributed by atoms with E-state index in [1.807, 2.05) is 6.92 Å². The van der Waals surface area contributed by atoms with E-state index in [1.165, 1.54) is 39.0 Å². The van der Waals surface area contributed by atoms with Crippen molar-refractivity contribution in [3.63, 3.8) is 0 Å². The maximum Gasteiger partial charge on any atom is 0.302 e. The van der Waals surface area contributed by atoms with Crippen LogP contribution in [-0.4, -0.2) is 16.9 Å². The third-order valence-corrected chi connectivity index (χ3v) is 4.39. The highest BCUT2D eigenvalue weighted by Crippen LogP contribution is 2.32. The van der Waals surface area contributed by atoms with Crippen LogP contribution >= 0.6 is 15.9 Å². The average molecular weight is 263 g/mol. The number of carbonyl (C=O) groups excluding carboxylic acids is 1. The topological polar surface area (TPSA) is 26.3 Å². The maximum absolute atomic E-state index is 10.8. The standard InChI is InChI=1S/C11H19BrO2/c1-8(14-9(2)13)11(12)10-6-4-3-5-7-10/h8,10-11H,3-7H2,1-2H3/t8-,11-/m1/s1. The number of halogens is 1. The first-order chi connectivity index (χ1) is 6.61. The van der Waals surface area contributed by atoms with Crippen molar-refractivity contribution in [1.82, 2.24) is 0 Å². The Balaban J connectivity index is 2.37. The minimum atomic E-state index is -0.183. The summed E-state index contributed by atoms with van der Waals surface area (Å²) in [5, 5.41) is 0. The number of hydrogen-bond donors (Lipinski definition) is 0. The van der Waals surface area contributed by atoms with Gasteiger partial charge >= 0.3 is 5.97 Å². The molecule has 1 saturated carbocycles. The molecule has 0 N–H and O–H groups in total. The number of ether oxygens (including phenoxy) is 1. The van der Waals surface area contributed by atoms with Crippen LogP contribution in [0.3, 0.4) is 0 Å². The van der Waals surface area contributed by atoms with Crippen molar-refractivity contribution in [3.05, 3.63) is 0 Å². The second-order valence-electron chi connectivity index (χ2n) is 4.16. The van der Waals surface area contributed by atoms with Gasteiger partial charge in [0.05, 0.1) is 4.83 Å². The Kier molecular flexibility index (Phi) is 4.93. The highest BCUT2D eigenvalue weighted by molar-refractivity contribution is 9.09. The molecule has 1 aliphatic rings. The zero-order valence-electron chi connectivity index (χ0n) is 8.96. The first-order valence-corrected chi connectivity index (χ1v) is 6.34. The molecule has 0 aromatic carbocycles. The molecule has 0 aliphatic heterocycles. The van der Waals surface area contributed by atoms with E-state index in [1.54, 1.807) is 0 Å². The van der Waals surface area contributed by atoms with Crippen molar-refractivity contribution in [2.45, 2.75) is 56.9 Å². The molecule has 14 heavy (non-hydrogen) atoms. The van der Waals surface area contributed by atoms with E-state index in [-0.39, 0.29) is 12.1 Å². The van der Waals surface area contributed by atoms with E-state index in [2.05, 4.69) is 15.9 Å². The molecule has 1 aliphatic carbocycles. The molecule has 0 amide bonds. The van der Waals surface area contributed by atoms with E-state index >= 15 is 0 Å². The summed E-state index contributed by atoms with van der Waals surface area (Å²) < 4.78 is 5.18. The maximum atomic E-state index is 10.8. The van der Waals surface area contributed by atoms with Gasteiger partial charge in [0, 0.05) is 6.92 Å². The molecule has 1 fully saturated rings. The zero-order chi connectivity index (χ0) is 10.6. The van der Waals surface area contributed by atoms with Gasteiger partial charge in [0.2, 0.25) is 0 Å². The number of esters is 1. The third-order valence-electron chi connectivity index (χ3n) is 2.90. The van der Waals surface area contributed by atoms with Crippen molar-refractivity contribution in [1.29, 1.82) is 0 Å². The molecule has 0 spiro atoms. The highest BCUT2D eigenvalue weighted by atomic mass is 79.9. The van der Waals surface area contributed by atoms with Crippen molar-refractivity contribution in [2.24, 2.45) is 5.92 Å². The smallest absolute Gasteiger partial charge is 0.302 e. The molecule has 1 rings (SSSR count). The summed E-state index contributed by atoms with van der Waals surface area (Å²) in [6.07, 6.45) is 6.52. The summed E-state index contributed by atoms with van der Waals surface area (Å²) in [7, 11) is 0. The van der Waals surface area contributed by atoms with E-state index < -0.39 is 0 Å². The molecule has 0 aromatic rings. The Labute approximate surface area is 94.5 Å². The minimum absolute atomic E-state index is 0.00407. The molecular weight excluding hydrogens is 244 g/mol. The van der Waals surface area contributed by atoms with Crippen LogP contribution in [0.25, 0.3) is 0 Å². The van der Waals surface area contributed by atoms with Gasteiger partial charge in [-0.1, -0.05) is 35.2 Å². The van der Waals surface area contributed by atoms with E-state index in [9.17, 15) is 4.79 Å². The lowest BCUT2D eigenvalue weighted by Gasteiger charge is -2.29. The van der Waals surface area contributed by atoms with Crippen molar-refractivity contribution in [3.8, 4) is 0 Å². The van der Waals surface area contributed by atoms with Gasteiger partial charge in [-0.2, -0.15) is 0 Å². The predicted octanol–water partition coefficient (Wildman–Crippen LogP) is 3.28. The van der Waals surface area contributed by atoms with E-state index in [4.69, 9.17) is 4.74 Å². The molecule has 2 atom stereocenters. The van der Waals surface area contributed by atoms with Crippen LogP contribution in [0.5, 0.6) is 0 Å². The lowest BCUT2D eigenvalue weighted by molar-refractivity contribution is -0.145. The minimum Gasteiger partial charge on any atom is -0.462 e.